The van der Waals surface area contributed by atoms with Crippen molar-refractivity contribution in [2.24, 2.45) is 0 Å². The SMILES string of the molecule is CC1(C)O[C@H]2O[C@](CI)(n3ccc(=O)[nH]c3=O)[C@@H](OCc3ccccc3)[C@H]2O1. The largest absolute Gasteiger partial charge is 0.366 e. The van der Waals surface area contributed by atoms with Gasteiger partial charge in [-0.2, -0.15) is 0 Å². The number of nitrogens with one attached hydrogen (secondary N) is 1. The maximum Gasteiger partial charge on any atom is 0.330 e. The molecule has 0 saturated carbocycles. The van der Waals surface area contributed by atoms with Crippen LogP contribution in [0, 0.1) is 0 Å². The van der Waals surface area contributed by atoms with E-state index in [0.717, 1.165) is 5.56 Å². The van der Waals surface area contributed by atoms with E-state index in [2.05, 4.69) is 27.6 Å². The lowest BCUT2D eigenvalue weighted by Crippen LogP contribution is -2.54. The first kappa shape index (κ1) is 19.8. The predicted molar refractivity (Wildman–Crippen MR) is 108 cm³/mol. The van der Waals surface area contributed by atoms with Gasteiger partial charge in [0.2, 0.25) is 0 Å². The fourth-order valence-corrected chi connectivity index (χ4v) is 4.63. The average molecular weight is 500 g/mol. The smallest absolute Gasteiger partial charge is 0.330 e. The Labute approximate surface area is 174 Å². The van der Waals surface area contributed by atoms with E-state index >= 15 is 0 Å². The van der Waals surface area contributed by atoms with Gasteiger partial charge in [0.1, 0.15) is 12.2 Å². The second kappa shape index (κ2) is 7.38. The molecule has 28 heavy (non-hydrogen) atoms. The summed E-state index contributed by atoms with van der Waals surface area (Å²) in [4.78, 5) is 26.4. The Balaban J connectivity index is 1.73. The second-order valence-electron chi connectivity index (χ2n) is 7.26. The van der Waals surface area contributed by atoms with Crippen LogP contribution in [0.15, 0.2) is 52.2 Å². The third-order valence-corrected chi connectivity index (χ3v) is 5.94. The van der Waals surface area contributed by atoms with Gasteiger partial charge in [-0.1, -0.05) is 52.9 Å². The van der Waals surface area contributed by atoms with E-state index in [1.165, 1.54) is 16.8 Å². The number of benzene rings is 1. The number of alkyl halides is 1. The Kier molecular flexibility index (Phi) is 5.21. The highest BCUT2D eigenvalue weighted by atomic mass is 127. The van der Waals surface area contributed by atoms with Gasteiger partial charge in [-0.3, -0.25) is 14.3 Å². The Bertz CT molecular complexity index is 959. The number of aromatic nitrogens is 2. The van der Waals surface area contributed by atoms with Crippen molar-refractivity contribution >= 4 is 22.6 Å². The molecular weight excluding hydrogens is 479 g/mol. The molecule has 8 nitrogen and oxygen atoms in total. The zero-order valence-corrected chi connectivity index (χ0v) is 17.6. The Morgan fingerprint density at radius 1 is 1.14 bits per heavy atom. The molecule has 4 rings (SSSR count). The number of ether oxygens (including phenoxy) is 4. The zero-order valence-electron chi connectivity index (χ0n) is 15.5. The van der Waals surface area contributed by atoms with Crippen LogP contribution in [0.2, 0.25) is 0 Å². The van der Waals surface area contributed by atoms with Gasteiger partial charge in [0, 0.05) is 12.3 Å². The van der Waals surface area contributed by atoms with Crippen LogP contribution in [-0.2, 0) is 31.3 Å². The normalized spacial score (nSPS) is 31.0. The maximum absolute atomic E-state index is 12.5. The average Bonchev–Trinajstić information content (AvgIpc) is 3.10. The topological polar surface area (TPSA) is 91.8 Å². The lowest BCUT2D eigenvalue weighted by atomic mass is 10.1. The molecule has 2 saturated heterocycles. The van der Waals surface area contributed by atoms with Crippen molar-refractivity contribution in [2.75, 3.05) is 4.43 Å². The zero-order chi connectivity index (χ0) is 19.9. The van der Waals surface area contributed by atoms with Gasteiger partial charge < -0.3 is 18.9 Å². The highest BCUT2D eigenvalue weighted by molar-refractivity contribution is 14.1. The lowest BCUT2D eigenvalue weighted by molar-refractivity contribution is -0.261. The van der Waals surface area contributed by atoms with Crippen molar-refractivity contribution in [1.82, 2.24) is 9.55 Å². The minimum absolute atomic E-state index is 0.318. The van der Waals surface area contributed by atoms with Gasteiger partial charge in [0.25, 0.3) is 5.56 Å². The van der Waals surface area contributed by atoms with Crippen molar-refractivity contribution < 1.29 is 18.9 Å². The second-order valence-corrected chi connectivity index (χ2v) is 8.02. The Morgan fingerprint density at radius 3 is 2.57 bits per heavy atom. The molecule has 1 aromatic heterocycles. The minimum Gasteiger partial charge on any atom is -0.366 e. The van der Waals surface area contributed by atoms with Crippen molar-refractivity contribution in [3.05, 3.63) is 69.0 Å². The maximum atomic E-state index is 12.5. The van der Waals surface area contributed by atoms with Crippen LogP contribution in [0.25, 0.3) is 0 Å². The number of H-pyrrole nitrogens is 1. The summed E-state index contributed by atoms with van der Waals surface area (Å²) in [5.41, 5.74) is -1.24. The van der Waals surface area contributed by atoms with Crippen molar-refractivity contribution in [3.63, 3.8) is 0 Å². The molecule has 4 atom stereocenters. The first-order valence-corrected chi connectivity index (χ1v) is 10.4. The van der Waals surface area contributed by atoms with E-state index in [1.54, 1.807) is 13.8 Å². The van der Waals surface area contributed by atoms with E-state index in [0.29, 0.717) is 11.0 Å². The highest BCUT2D eigenvalue weighted by Crippen LogP contribution is 2.46. The summed E-state index contributed by atoms with van der Waals surface area (Å²) >= 11 is 2.14. The molecule has 0 spiro atoms. The summed E-state index contributed by atoms with van der Waals surface area (Å²) in [5, 5.41) is 0. The quantitative estimate of drug-likeness (QED) is 0.497. The van der Waals surface area contributed by atoms with Crippen LogP contribution in [-0.4, -0.2) is 38.3 Å². The minimum atomic E-state index is -1.18. The van der Waals surface area contributed by atoms with E-state index in [4.69, 9.17) is 18.9 Å². The molecule has 0 unspecified atom stereocenters. The van der Waals surface area contributed by atoms with Crippen LogP contribution >= 0.6 is 22.6 Å². The van der Waals surface area contributed by atoms with E-state index in [1.807, 2.05) is 30.3 Å². The Morgan fingerprint density at radius 2 is 1.89 bits per heavy atom. The molecule has 3 heterocycles. The number of hydrogen-bond acceptors (Lipinski definition) is 6. The monoisotopic (exact) mass is 500 g/mol. The third kappa shape index (κ3) is 3.45. The molecule has 2 fully saturated rings. The molecule has 1 aromatic carbocycles. The summed E-state index contributed by atoms with van der Waals surface area (Å²) in [5.74, 6) is -0.822. The van der Waals surface area contributed by atoms with Crippen LogP contribution in [0.1, 0.15) is 19.4 Å². The molecule has 0 aliphatic carbocycles. The molecule has 150 valence electrons. The Hall–Kier alpha value is -1.53. The summed E-state index contributed by atoms with van der Waals surface area (Å²) in [6.45, 7) is 3.93. The summed E-state index contributed by atoms with van der Waals surface area (Å²) in [6.07, 6.45) is -0.415. The summed E-state index contributed by atoms with van der Waals surface area (Å²) in [6, 6.07) is 11.0. The molecule has 9 heteroatoms. The molecular formula is C19H21IN2O6. The molecule has 2 aliphatic heterocycles. The number of hydrogen-bond donors (Lipinski definition) is 1. The predicted octanol–water partition coefficient (Wildman–Crippen LogP) is 1.72. The number of nitrogens with zero attached hydrogens (tertiary/aromatic N) is 1. The molecule has 1 N–H and O–H groups in total. The first-order chi connectivity index (χ1) is 13.3. The van der Waals surface area contributed by atoms with Crippen molar-refractivity contribution in [3.8, 4) is 0 Å². The van der Waals surface area contributed by atoms with E-state index in [-0.39, 0.29) is 0 Å². The first-order valence-electron chi connectivity index (χ1n) is 8.92. The highest BCUT2D eigenvalue weighted by Gasteiger charge is 2.63. The van der Waals surface area contributed by atoms with Gasteiger partial charge in [0.05, 0.1) is 11.0 Å². The van der Waals surface area contributed by atoms with Gasteiger partial charge in [-0.15, -0.1) is 0 Å². The van der Waals surface area contributed by atoms with Crippen LogP contribution in [0.3, 0.4) is 0 Å². The van der Waals surface area contributed by atoms with Crippen molar-refractivity contribution in [2.45, 2.75) is 50.5 Å². The van der Waals surface area contributed by atoms with Gasteiger partial charge in [-0.25, -0.2) is 4.79 Å². The molecule has 0 amide bonds. The van der Waals surface area contributed by atoms with Crippen LogP contribution < -0.4 is 11.2 Å². The van der Waals surface area contributed by atoms with Gasteiger partial charge in [0.15, 0.2) is 17.8 Å². The number of halogens is 1. The van der Waals surface area contributed by atoms with Crippen LogP contribution in [0.5, 0.6) is 0 Å². The summed E-state index contributed by atoms with van der Waals surface area (Å²) < 4.78 is 26.2. The molecule has 2 aliphatic rings. The number of rotatable bonds is 5. The standard InChI is InChI=1S/C19H21IN2O6/c1-18(2)26-14-15(25-10-12-6-4-3-5-7-12)19(11-20,28-16(14)27-18)22-9-8-13(23)21-17(22)24/h3-9,14-16H,10-11H2,1-2H3,(H,21,23,24)/t14-,15+,16+,19+/m1/s1. The molecule has 0 radical (unpaired) electrons. The van der Waals surface area contributed by atoms with Crippen LogP contribution in [0.4, 0.5) is 0 Å². The van der Waals surface area contributed by atoms with E-state index in [9.17, 15) is 9.59 Å². The number of aromatic amines is 1. The fourth-order valence-electron chi connectivity index (χ4n) is 3.64. The molecule has 0 bridgehead atoms. The third-order valence-electron chi connectivity index (χ3n) is 4.85. The number of fused-ring (bicyclic) bond motifs is 1. The van der Waals surface area contributed by atoms with E-state index < -0.39 is 41.3 Å². The van der Waals surface area contributed by atoms with Gasteiger partial charge in [-0.05, 0) is 19.4 Å². The fraction of sp³-hybridized carbons (Fsp3) is 0.474. The summed E-state index contributed by atoms with van der Waals surface area (Å²) in [7, 11) is 0. The van der Waals surface area contributed by atoms with Crippen molar-refractivity contribution in [1.29, 1.82) is 0 Å². The van der Waals surface area contributed by atoms with Gasteiger partial charge >= 0.3 is 5.69 Å². The molecule has 2 aromatic rings. The lowest BCUT2D eigenvalue weighted by Gasteiger charge is -2.36.